The van der Waals surface area contributed by atoms with Crippen LogP contribution in [0, 0.1) is 17.8 Å². The highest BCUT2D eigenvalue weighted by Gasteiger charge is 2.44. The molecule has 5 nitrogen and oxygen atoms in total. The maximum absolute atomic E-state index is 11.1. The molecule has 0 radical (unpaired) electrons. The molecule has 0 aromatic heterocycles. The normalized spacial score (nSPS) is 30.7. The van der Waals surface area contributed by atoms with Crippen LogP contribution in [0.1, 0.15) is 69.8 Å². The molecule has 0 saturated heterocycles. The van der Waals surface area contributed by atoms with Crippen molar-refractivity contribution in [1.29, 1.82) is 0 Å². The summed E-state index contributed by atoms with van der Waals surface area (Å²) in [6.07, 6.45) is 4.11. The third-order valence-electron chi connectivity index (χ3n) is 6.39. The smallest absolute Gasteiger partial charge is 0.341 e. The van der Waals surface area contributed by atoms with Crippen LogP contribution in [-0.2, 0) is 17.6 Å². The molecule has 0 amide bonds. The molecular weight excluding hydrogens is 356 g/mol. The van der Waals surface area contributed by atoms with E-state index in [1.807, 2.05) is 6.07 Å². The van der Waals surface area contributed by atoms with Gasteiger partial charge in [0.1, 0.15) is 5.75 Å². The summed E-state index contributed by atoms with van der Waals surface area (Å²) in [5.41, 5.74) is 1.80. The summed E-state index contributed by atoms with van der Waals surface area (Å²) < 4.78 is 42.1. The highest BCUT2D eigenvalue weighted by molar-refractivity contribution is 5.68. The van der Waals surface area contributed by atoms with Crippen LogP contribution < -0.4 is 4.74 Å². The van der Waals surface area contributed by atoms with Crippen molar-refractivity contribution in [3.8, 4) is 5.75 Å². The van der Waals surface area contributed by atoms with Crippen LogP contribution in [0.5, 0.6) is 5.75 Å². The number of benzene rings is 1. The standard InChI is InChI=1S/C23H34O5/c1-2-3-4-7-17(24)9-10-18-19-11-15-6-5-8-22(28-14-23(26)27)20(15)12-16(19)13-21(18)25/h5-6,8,16-19,21,24-25H,2-4,7,9-14H2,1H3,(H,26,27)/t16-,17-,18+,19-,21+/m0/s1/i1D3,14D2. The fraction of sp³-hybridized carbons (Fsp3) is 0.696. The van der Waals surface area contributed by atoms with Crippen molar-refractivity contribution < 1.29 is 31.7 Å². The number of aliphatic hydroxyl groups is 2. The van der Waals surface area contributed by atoms with E-state index in [2.05, 4.69) is 0 Å². The quantitative estimate of drug-likeness (QED) is 0.527. The fourth-order valence-corrected chi connectivity index (χ4v) is 5.03. The molecule has 1 saturated carbocycles. The van der Waals surface area contributed by atoms with E-state index < -0.39 is 31.6 Å². The van der Waals surface area contributed by atoms with Gasteiger partial charge in [-0.3, -0.25) is 0 Å². The zero-order valence-electron chi connectivity index (χ0n) is 21.1. The van der Waals surface area contributed by atoms with E-state index in [1.54, 1.807) is 12.1 Å². The average molecular weight is 396 g/mol. The predicted octanol–water partition coefficient (Wildman–Crippen LogP) is 3.58. The van der Waals surface area contributed by atoms with Crippen molar-refractivity contribution in [1.82, 2.24) is 0 Å². The first-order valence-electron chi connectivity index (χ1n) is 12.8. The van der Waals surface area contributed by atoms with Crippen LogP contribution >= 0.6 is 0 Å². The van der Waals surface area contributed by atoms with E-state index in [1.165, 1.54) is 0 Å². The van der Waals surface area contributed by atoms with E-state index >= 15 is 0 Å². The Morgan fingerprint density at radius 3 is 3.00 bits per heavy atom. The Labute approximate surface area is 174 Å². The van der Waals surface area contributed by atoms with Gasteiger partial charge in [0.15, 0.2) is 6.56 Å². The molecule has 1 fully saturated rings. The van der Waals surface area contributed by atoms with Crippen LogP contribution in [0.3, 0.4) is 0 Å². The molecule has 0 heterocycles. The van der Waals surface area contributed by atoms with Gasteiger partial charge in [-0.2, -0.15) is 0 Å². The number of hydrogen-bond donors (Lipinski definition) is 3. The Morgan fingerprint density at radius 2 is 2.21 bits per heavy atom. The number of hydrogen-bond acceptors (Lipinski definition) is 4. The number of aliphatic carboxylic acids is 1. The first-order valence-corrected chi connectivity index (χ1v) is 10.3. The first-order chi connectivity index (χ1) is 15.4. The lowest BCUT2D eigenvalue weighted by molar-refractivity contribution is -0.139. The second kappa shape index (κ2) is 9.75. The fourth-order valence-electron chi connectivity index (χ4n) is 5.03. The minimum Gasteiger partial charge on any atom is -0.482 e. The van der Waals surface area contributed by atoms with Crippen molar-refractivity contribution in [2.45, 2.75) is 76.8 Å². The zero-order valence-corrected chi connectivity index (χ0v) is 16.1. The lowest BCUT2D eigenvalue weighted by Crippen LogP contribution is -2.28. The Bertz CT molecular complexity index is 828. The SMILES string of the molecule is [2H]C([2H])([2H])CCCC[C@H](O)CC[C@@H]1[C@H]2Cc3cccc(OC([2H])([2H])C(=O)O)c3C[C@H]2C[C@H]1O. The summed E-state index contributed by atoms with van der Waals surface area (Å²) in [4.78, 5) is 11.1. The molecule has 0 spiro atoms. The molecular formula is C23H34O5. The van der Waals surface area contributed by atoms with Gasteiger partial charge in [0.05, 0.1) is 14.9 Å². The highest BCUT2D eigenvalue weighted by Crippen LogP contribution is 2.48. The Balaban J connectivity index is 1.59. The summed E-state index contributed by atoms with van der Waals surface area (Å²) in [6.45, 7) is -4.74. The van der Waals surface area contributed by atoms with Crippen molar-refractivity contribution in [2.24, 2.45) is 17.8 Å². The Morgan fingerprint density at radius 1 is 1.36 bits per heavy atom. The lowest BCUT2D eigenvalue weighted by Gasteiger charge is -2.32. The molecule has 1 aromatic rings. The minimum atomic E-state index is -2.82. The second-order valence-electron chi connectivity index (χ2n) is 8.18. The largest absolute Gasteiger partial charge is 0.482 e. The van der Waals surface area contributed by atoms with E-state index in [-0.39, 0.29) is 29.9 Å². The molecule has 0 aliphatic heterocycles. The Kier molecular flexibility index (Phi) is 5.32. The van der Waals surface area contributed by atoms with Crippen LogP contribution in [0.25, 0.3) is 0 Å². The molecule has 0 bridgehead atoms. The van der Waals surface area contributed by atoms with Gasteiger partial charge < -0.3 is 20.1 Å². The van der Waals surface area contributed by atoms with Crippen LogP contribution in [0.2, 0.25) is 0 Å². The molecule has 2 aliphatic carbocycles. The van der Waals surface area contributed by atoms with Gasteiger partial charge in [0, 0.05) is 4.11 Å². The van der Waals surface area contributed by atoms with Gasteiger partial charge in [-0.05, 0) is 73.5 Å². The third kappa shape index (κ3) is 5.06. The van der Waals surface area contributed by atoms with Crippen LogP contribution in [-0.4, -0.2) is 40.1 Å². The minimum absolute atomic E-state index is 0.0511. The van der Waals surface area contributed by atoms with Crippen molar-refractivity contribution >= 4 is 5.97 Å². The molecule has 5 heteroatoms. The number of carbonyl (C=O) groups is 1. The number of ether oxygens (including phenoxy) is 1. The number of rotatable bonds is 10. The Hall–Kier alpha value is -1.59. The van der Waals surface area contributed by atoms with Crippen LogP contribution in [0.4, 0.5) is 0 Å². The maximum Gasteiger partial charge on any atom is 0.341 e. The van der Waals surface area contributed by atoms with Gasteiger partial charge in [0.2, 0.25) is 0 Å². The summed E-state index contributed by atoms with van der Waals surface area (Å²) in [6, 6.07) is 5.26. The van der Waals surface area contributed by atoms with Crippen molar-refractivity contribution in [3.05, 3.63) is 29.3 Å². The molecule has 1 aromatic carbocycles. The number of aliphatic hydroxyl groups excluding tert-OH is 2. The zero-order chi connectivity index (χ0) is 24.4. The van der Waals surface area contributed by atoms with Crippen LogP contribution in [0.15, 0.2) is 18.2 Å². The monoisotopic (exact) mass is 395 g/mol. The molecule has 0 unspecified atom stereocenters. The summed E-state index contributed by atoms with van der Waals surface area (Å²) >= 11 is 0. The topological polar surface area (TPSA) is 87.0 Å². The molecule has 28 heavy (non-hydrogen) atoms. The summed E-state index contributed by atoms with van der Waals surface area (Å²) in [5.74, 6) is -0.961. The van der Waals surface area contributed by atoms with Gasteiger partial charge >= 0.3 is 5.97 Å². The van der Waals surface area contributed by atoms with E-state index in [4.69, 9.17) is 16.7 Å². The van der Waals surface area contributed by atoms with Crippen molar-refractivity contribution in [2.75, 3.05) is 6.56 Å². The second-order valence-corrected chi connectivity index (χ2v) is 8.18. The van der Waals surface area contributed by atoms with E-state index in [0.717, 1.165) is 11.1 Å². The molecule has 2 aliphatic rings. The average Bonchev–Trinajstić information content (AvgIpc) is 3.01. The van der Waals surface area contributed by atoms with Gasteiger partial charge in [-0.1, -0.05) is 38.2 Å². The third-order valence-corrected chi connectivity index (χ3v) is 6.39. The highest BCUT2D eigenvalue weighted by atomic mass is 16.5. The van der Waals surface area contributed by atoms with E-state index in [0.29, 0.717) is 51.4 Å². The number of carboxylic acid groups (broad SMARTS) is 1. The van der Waals surface area contributed by atoms with Gasteiger partial charge in [0.25, 0.3) is 0 Å². The van der Waals surface area contributed by atoms with Gasteiger partial charge in [-0.15, -0.1) is 0 Å². The first kappa shape index (κ1) is 15.3. The summed E-state index contributed by atoms with van der Waals surface area (Å²) in [7, 11) is 0. The van der Waals surface area contributed by atoms with Gasteiger partial charge in [-0.25, -0.2) is 4.79 Å². The lowest BCUT2D eigenvalue weighted by atomic mass is 9.73. The molecule has 156 valence electrons. The molecule has 3 N–H and O–H groups in total. The number of carboxylic acids is 1. The molecule has 5 atom stereocenters. The van der Waals surface area contributed by atoms with Crippen molar-refractivity contribution in [3.63, 3.8) is 0 Å². The number of fused-ring (bicyclic) bond motifs is 2. The predicted molar refractivity (Wildman–Crippen MR) is 107 cm³/mol. The maximum atomic E-state index is 11.1. The molecule has 3 rings (SSSR count). The van der Waals surface area contributed by atoms with E-state index in [9.17, 15) is 15.0 Å². The number of unbranched alkanes of at least 4 members (excludes halogenated alkanes) is 1. The summed E-state index contributed by atoms with van der Waals surface area (Å²) in [5, 5.41) is 30.1.